The van der Waals surface area contributed by atoms with Crippen LogP contribution in [0.3, 0.4) is 0 Å². The second-order valence-electron chi connectivity index (χ2n) is 6.35. The van der Waals surface area contributed by atoms with Gasteiger partial charge in [0.1, 0.15) is 0 Å². The van der Waals surface area contributed by atoms with Crippen molar-refractivity contribution in [3.05, 3.63) is 92.5 Å². The van der Waals surface area contributed by atoms with E-state index in [9.17, 15) is 0 Å². The van der Waals surface area contributed by atoms with Crippen molar-refractivity contribution in [3.8, 4) is 5.88 Å². The molecule has 4 heteroatoms. The van der Waals surface area contributed by atoms with Crippen LogP contribution in [0.1, 0.15) is 34.6 Å². The minimum Gasteiger partial charge on any atom is -0.481 e. The van der Waals surface area contributed by atoms with Gasteiger partial charge in [-0.2, -0.15) is 0 Å². The van der Waals surface area contributed by atoms with Gasteiger partial charge in [0.15, 0.2) is 0 Å². The number of rotatable bonds is 6. The summed E-state index contributed by atoms with van der Waals surface area (Å²) in [6.45, 7) is 2.13. The molecular formula is C22H21BrClNO. The average molecular weight is 431 g/mol. The number of aryl methyl sites for hydroxylation is 2. The summed E-state index contributed by atoms with van der Waals surface area (Å²) in [4.78, 5) is 4.32. The smallest absolute Gasteiger partial charge is 0.212 e. The number of nitrogens with zero attached hydrogens (tertiary/aromatic N) is 1. The summed E-state index contributed by atoms with van der Waals surface area (Å²) in [7, 11) is 1.63. The Balaban J connectivity index is 1.88. The first kappa shape index (κ1) is 18.9. The van der Waals surface area contributed by atoms with E-state index in [-0.39, 0.29) is 0 Å². The summed E-state index contributed by atoms with van der Waals surface area (Å²) in [6.07, 6.45) is 3.84. The number of pyridine rings is 1. The Bertz CT molecular complexity index is 862. The van der Waals surface area contributed by atoms with E-state index in [2.05, 4.69) is 64.2 Å². The Morgan fingerprint density at radius 2 is 1.85 bits per heavy atom. The quantitative estimate of drug-likeness (QED) is 0.440. The molecule has 134 valence electrons. The zero-order valence-corrected chi connectivity index (χ0v) is 17.2. The van der Waals surface area contributed by atoms with Crippen LogP contribution in [-0.4, -0.2) is 12.1 Å². The number of benzene rings is 2. The lowest BCUT2D eigenvalue weighted by molar-refractivity contribution is 0.397. The predicted octanol–water partition coefficient (Wildman–Crippen LogP) is 6.58. The molecule has 0 spiro atoms. The zero-order chi connectivity index (χ0) is 18.5. The fourth-order valence-corrected chi connectivity index (χ4v) is 3.71. The van der Waals surface area contributed by atoms with Crippen LogP contribution in [0.4, 0.5) is 0 Å². The molecule has 0 aliphatic rings. The van der Waals surface area contributed by atoms with Crippen molar-refractivity contribution in [1.29, 1.82) is 0 Å². The van der Waals surface area contributed by atoms with Gasteiger partial charge in [0.25, 0.3) is 0 Å². The van der Waals surface area contributed by atoms with Gasteiger partial charge in [0.2, 0.25) is 5.88 Å². The molecule has 1 aromatic heterocycles. The molecule has 0 aliphatic carbocycles. The maximum Gasteiger partial charge on any atom is 0.212 e. The Hall–Kier alpha value is -1.84. The van der Waals surface area contributed by atoms with Gasteiger partial charge in [0.05, 0.1) is 7.11 Å². The number of halogens is 2. The summed E-state index contributed by atoms with van der Waals surface area (Å²) in [6, 6.07) is 18.7. The molecule has 3 aromatic rings. The van der Waals surface area contributed by atoms with Crippen molar-refractivity contribution >= 4 is 27.5 Å². The summed E-state index contributed by atoms with van der Waals surface area (Å²) in [5.74, 6) is 0.953. The van der Waals surface area contributed by atoms with E-state index in [1.807, 2.05) is 24.4 Å². The van der Waals surface area contributed by atoms with Crippen molar-refractivity contribution in [2.24, 2.45) is 0 Å². The van der Waals surface area contributed by atoms with E-state index in [1.165, 1.54) is 22.3 Å². The topological polar surface area (TPSA) is 22.1 Å². The molecule has 0 amide bonds. The fraction of sp³-hybridized carbons (Fsp3) is 0.227. The monoisotopic (exact) mass is 429 g/mol. The lowest BCUT2D eigenvalue weighted by atomic mass is 9.84. The molecule has 1 atom stereocenters. The molecule has 26 heavy (non-hydrogen) atoms. The molecular weight excluding hydrogens is 410 g/mol. The summed E-state index contributed by atoms with van der Waals surface area (Å²) in [5.41, 5.74) is 5.05. The second-order valence-corrected chi connectivity index (χ2v) is 7.70. The zero-order valence-electron chi connectivity index (χ0n) is 14.9. The third-order valence-electron chi connectivity index (χ3n) is 4.61. The number of hydrogen-bond acceptors (Lipinski definition) is 2. The first-order valence-electron chi connectivity index (χ1n) is 8.57. The molecule has 0 fully saturated rings. The van der Waals surface area contributed by atoms with Gasteiger partial charge in [-0.1, -0.05) is 51.8 Å². The maximum atomic E-state index is 6.16. The van der Waals surface area contributed by atoms with Crippen molar-refractivity contribution in [2.45, 2.75) is 25.7 Å². The predicted molar refractivity (Wildman–Crippen MR) is 111 cm³/mol. The Kier molecular flexibility index (Phi) is 6.33. The Morgan fingerprint density at radius 3 is 2.46 bits per heavy atom. The van der Waals surface area contributed by atoms with Gasteiger partial charge in [-0.3, -0.25) is 0 Å². The summed E-state index contributed by atoms with van der Waals surface area (Å²) < 4.78 is 6.23. The summed E-state index contributed by atoms with van der Waals surface area (Å²) in [5, 5.41) is 0.778. The van der Waals surface area contributed by atoms with E-state index in [0.717, 1.165) is 22.3 Å². The lowest BCUT2D eigenvalue weighted by Crippen LogP contribution is -2.05. The van der Waals surface area contributed by atoms with Crippen LogP contribution in [0.15, 0.2) is 65.3 Å². The largest absolute Gasteiger partial charge is 0.481 e. The molecule has 2 aromatic carbocycles. The third kappa shape index (κ3) is 4.66. The molecule has 1 unspecified atom stereocenters. The van der Waals surface area contributed by atoms with Gasteiger partial charge < -0.3 is 4.74 Å². The number of methoxy groups -OCH3 is 1. The van der Waals surface area contributed by atoms with Gasteiger partial charge in [-0.05, 0) is 66.3 Å². The fourth-order valence-electron chi connectivity index (χ4n) is 3.22. The number of aromatic nitrogens is 1. The minimum absolute atomic E-state index is 0.308. The van der Waals surface area contributed by atoms with E-state index in [0.29, 0.717) is 11.8 Å². The van der Waals surface area contributed by atoms with E-state index in [4.69, 9.17) is 16.3 Å². The molecule has 0 saturated carbocycles. The normalized spacial score (nSPS) is 12.0. The highest BCUT2D eigenvalue weighted by molar-refractivity contribution is 9.10. The number of ether oxygens (including phenoxy) is 1. The highest BCUT2D eigenvalue weighted by Gasteiger charge is 2.17. The minimum atomic E-state index is 0.308. The van der Waals surface area contributed by atoms with Crippen molar-refractivity contribution in [2.75, 3.05) is 7.11 Å². The van der Waals surface area contributed by atoms with Gasteiger partial charge in [0, 0.05) is 27.7 Å². The first-order valence-corrected chi connectivity index (χ1v) is 9.74. The first-order chi connectivity index (χ1) is 12.6. The summed E-state index contributed by atoms with van der Waals surface area (Å²) >= 11 is 9.69. The van der Waals surface area contributed by atoms with Crippen molar-refractivity contribution in [1.82, 2.24) is 4.98 Å². The Morgan fingerprint density at radius 1 is 1.08 bits per heavy atom. The van der Waals surface area contributed by atoms with Gasteiger partial charge in [-0.15, -0.1) is 0 Å². The highest BCUT2D eigenvalue weighted by Crippen LogP contribution is 2.33. The molecule has 3 rings (SSSR count). The Labute approximate surface area is 168 Å². The van der Waals surface area contributed by atoms with E-state index in [1.54, 1.807) is 7.11 Å². The third-order valence-corrected chi connectivity index (χ3v) is 5.37. The second kappa shape index (κ2) is 8.70. The molecule has 0 saturated heterocycles. The van der Waals surface area contributed by atoms with Crippen LogP contribution >= 0.6 is 27.5 Å². The molecule has 0 radical (unpaired) electrons. The molecule has 0 N–H and O–H groups in total. The van der Waals surface area contributed by atoms with Crippen LogP contribution in [0, 0.1) is 6.92 Å². The van der Waals surface area contributed by atoms with Gasteiger partial charge in [-0.25, -0.2) is 4.98 Å². The van der Waals surface area contributed by atoms with Crippen molar-refractivity contribution < 1.29 is 4.74 Å². The molecule has 1 heterocycles. The highest BCUT2D eigenvalue weighted by atomic mass is 79.9. The standard InChI is InChI=1S/C22H21BrClNO/c1-15-13-19(24)9-11-20(15)21(17-5-7-18(23)8-6-17)10-3-16-4-12-22(26-2)25-14-16/h4-9,11-14,21H,3,10H2,1-2H3. The molecule has 0 aliphatic heterocycles. The number of hydrogen-bond donors (Lipinski definition) is 0. The maximum absolute atomic E-state index is 6.16. The van der Waals surface area contributed by atoms with Crippen LogP contribution in [0.2, 0.25) is 5.02 Å². The van der Waals surface area contributed by atoms with Crippen LogP contribution < -0.4 is 4.74 Å². The lowest BCUT2D eigenvalue weighted by Gasteiger charge is -2.21. The van der Waals surface area contributed by atoms with E-state index < -0.39 is 0 Å². The van der Waals surface area contributed by atoms with Crippen LogP contribution in [0.5, 0.6) is 5.88 Å². The molecule has 0 bridgehead atoms. The SMILES string of the molecule is COc1ccc(CCC(c2ccc(Br)cc2)c2ccc(Cl)cc2C)cn1. The van der Waals surface area contributed by atoms with Crippen LogP contribution in [0.25, 0.3) is 0 Å². The van der Waals surface area contributed by atoms with E-state index >= 15 is 0 Å². The van der Waals surface area contributed by atoms with Crippen molar-refractivity contribution in [3.63, 3.8) is 0 Å². The van der Waals surface area contributed by atoms with Crippen LogP contribution in [-0.2, 0) is 6.42 Å². The molecule has 2 nitrogen and oxygen atoms in total. The average Bonchev–Trinajstić information content (AvgIpc) is 2.65. The van der Waals surface area contributed by atoms with Gasteiger partial charge >= 0.3 is 0 Å².